The summed E-state index contributed by atoms with van der Waals surface area (Å²) in [5, 5.41) is 5.67. The van der Waals surface area contributed by atoms with Gasteiger partial charge in [-0.2, -0.15) is 0 Å². The predicted octanol–water partition coefficient (Wildman–Crippen LogP) is 5.44. The van der Waals surface area contributed by atoms with E-state index in [1.54, 1.807) is 32.6 Å². The fraction of sp³-hybridized carbons (Fsp3) is 0.464. The lowest BCUT2D eigenvalue weighted by molar-refractivity contribution is -0.140. The monoisotopic (exact) mass is 481 g/mol. The SMILES string of the molecule is CCCN(C(=O)C(C)NC(=O)OC(C)(C)C)C(C(=O)Nc1c(C)cccc1C)c1cccc(C)c1. The molecule has 0 radical (unpaired) electrons. The fourth-order valence-corrected chi connectivity index (χ4v) is 3.92. The Kier molecular flexibility index (Phi) is 9.46. The molecule has 2 aromatic rings. The number of rotatable bonds is 8. The molecule has 7 heteroatoms. The molecule has 2 rings (SSSR count). The molecule has 190 valence electrons. The highest BCUT2D eigenvalue weighted by atomic mass is 16.6. The molecule has 0 saturated heterocycles. The number of nitrogens with one attached hydrogen (secondary N) is 2. The van der Waals surface area contributed by atoms with Gasteiger partial charge in [-0.1, -0.05) is 55.0 Å². The van der Waals surface area contributed by atoms with Crippen LogP contribution in [0.1, 0.15) is 69.3 Å². The Labute approximate surface area is 209 Å². The maximum absolute atomic E-state index is 13.8. The number of aryl methyl sites for hydroxylation is 3. The number of nitrogens with zero attached hydrogens (tertiary/aromatic N) is 1. The molecule has 0 aliphatic rings. The molecule has 0 aliphatic carbocycles. The average Bonchev–Trinajstić information content (AvgIpc) is 2.74. The minimum Gasteiger partial charge on any atom is -0.444 e. The third-order valence-electron chi connectivity index (χ3n) is 5.50. The highest BCUT2D eigenvalue weighted by Gasteiger charge is 2.34. The van der Waals surface area contributed by atoms with Crippen molar-refractivity contribution in [3.05, 3.63) is 64.7 Å². The Hall–Kier alpha value is -3.35. The smallest absolute Gasteiger partial charge is 0.408 e. The first-order chi connectivity index (χ1) is 16.3. The van der Waals surface area contributed by atoms with Gasteiger partial charge in [0.2, 0.25) is 5.91 Å². The van der Waals surface area contributed by atoms with E-state index in [-0.39, 0.29) is 11.8 Å². The van der Waals surface area contributed by atoms with Crippen LogP contribution < -0.4 is 10.6 Å². The molecule has 7 nitrogen and oxygen atoms in total. The molecule has 0 saturated carbocycles. The first-order valence-corrected chi connectivity index (χ1v) is 12.1. The first kappa shape index (κ1) is 27.9. The number of hydrogen-bond acceptors (Lipinski definition) is 4. The third-order valence-corrected chi connectivity index (χ3v) is 5.50. The predicted molar refractivity (Wildman–Crippen MR) is 139 cm³/mol. The van der Waals surface area contributed by atoms with Gasteiger partial charge >= 0.3 is 6.09 Å². The zero-order valence-electron chi connectivity index (χ0n) is 22.2. The van der Waals surface area contributed by atoms with Crippen molar-refractivity contribution in [3.63, 3.8) is 0 Å². The summed E-state index contributed by atoms with van der Waals surface area (Å²) in [4.78, 5) is 41.2. The van der Waals surface area contributed by atoms with Crippen LogP contribution in [0.2, 0.25) is 0 Å². The van der Waals surface area contributed by atoms with Crippen LogP contribution in [0.5, 0.6) is 0 Å². The van der Waals surface area contributed by atoms with Gasteiger partial charge in [0.15, 0.2) is 0 Å². The van der Waals surface area contributed by atoms with E-state index in [4.69, 9.17) is 4.74 Å². The molecule has 0 aliphatic heterocycles. The molecule has 0 bridgehead atoms. The zero-order chi connectivity index (χ0) is 26.3. The maximum Gasteiger partial charge on any atom is 0.408 e. The lowest BCUT2D eigenvalue weighted by Crippen LogP contribution is -2.51. The van der Waals surface area contributed by atoms with Gasteiger partial charge in [-0.25, -0.2) is 4.79 Å². The lowest BCUT2D eigenvalue weighted by Gasteiger charge is -2.34. The van der Waals surface area contributed by atoms with Crippen molar-refractivity contribution >= 4 is 23.6 Å². The van der Waals surface area contributed by atoms with Gasteiger partial charge < -0.3 is 20.3 Å². The normalized spacial score (nSPS) is 12.9. The highest BCUT2D eigenvalue weighted by Crippen LogP contribution is 2.27. The Morgan fingerprint density at radius 2 is 1.60 bits per heavy atom. The Balaban J connectivity index is 2.43. The molecule has 2 N–H and O–H groups in total. The molecule has 0 heterocycles. The standard InChI is InChI=1S/C28H39N3O4/c1-9-16-31(26(33)21(5)29-27(34)35-28(6,7)8)24(22-15-10-12-18(2)17-22)25(32)30-23-19(3)13-11-14-20(23)4/h10-15,17,21,24H,9,16H2,1-8H3,(H,29,34)(H,30,32). The quantitative estimate of drug-likeness (QED) is 0.525. The molecule has 0 fully saturated rings. The highest BCUT2D eigenvalue weighted by molar-refractivity contribution is 5.99. The minimum atomic E-state index is -0.878. The summed E-state index contributed by atoms with van der Waals surface area (Å²) in [6, 6.07) is 11.7. The molecule has 2 unspecified atom stereocenters. The number of hydrogen-bond donors (Lipinski definition) is 2. The number of ether oxygens (including phenoxy) is 1. The van der Waals surface area contributed by atoms with Crippen LogP contribution in [0.25, 0.3) is 0 Å². The van der Waals surface area contributed by atoms with Crippen molar-refractivity contribution in [2.45, 2.75) is 79.5 Å². The van der Waals surface area contributed by atoms with Gasteiger partial charge in [0.25, 0.3) is 5.91 Å². The van der Waals surface area contributed by atoms with Crippen molar-refractivity contribution in [1.82, 2.24) is 10.2 Å². The van der Waals surface area contributed by atoms with Gasteiger partial charge in [0, 0.05) is 12.2 Å². The largest absolute Gasteiger partial charge is 0.444 e. The molecule has 2 atom stereocenters. The summed E-state index contributed by atoms with van der Waals surface area (Å²) in [6.45, 7) is 15.0. The van der Waals surface area contributed by atoms with Crippen LogP contribution in [0, 0.1) is 20.8 Å². The van der Waals surface area contributed by atoms with Gasteiger partial charge in [-0.3, -0.25) is 9.59 Å². The Morgan fingerprint density at radius 1 is 1.00 bits per heavy atom. The number of amides is 3. The van der Waals surface area contributed by atoms with Crippen LogP contribution >= 0.6 is 0 Å². The summed E-state index contributed by atoms with van der Waals surface area (Å²) >= 11 is 0. The number of para-hydroxylation sites is 1. The minimum absolute atomic E-state index is 0.306. The van der Waals surface area contributed by atoms with E-state index in [1.165, 1.54) is 0 Å². The molecular weight excluding hydrogens is 442 g/mol. The Morgan fingerprint density at radius 3 is 2.14 bits per heavy atom. The third kappa shape index (κ3) is 7.84. The average molecular weight is 482 g/mol. The lowest BCUT2D eigenvalue weighted by atomic mass is 10.00. The van der Waals surface area contributed by atoms with E-state index in [0.717, 1.165) is 22.4 Å². The van der Waals surface area contributed by atoms with Crippen LogP contribution in [0.15, 0.2) is 42.5 Å². The van der Waals surface area contributed by atoms with E-state index in [0.29, 0.717) is 18.5 Å². The second kappa shape index (κ2) is 11.9. The zero-order valence-corrected chi connectivity index (χ0v) is 22.2. The van der Waals surface area contributed by atoms with Crippen molar-refractivity contribution < 1.29 is 19.1 Å². The number of carbonyl (C=O) groups is 3. The van der Waals surface area contributed by atoms with E-state index in [2.05, 4.69) is 10.6 Å². The van der Waals surface area contributed by atoms with Crippen molar-refractivity contribution in [1.29, 1.82) is 0 Å². The number of carbonyl (C=O) groups excluding carboxylic acids is 3. The van der Waals surface area contributed by atoms with Gasteiger partial charge in [-0.05, 0) is 71.6 Å². The summed E-state index contributed by atoms with van der Waals surface area (Å²) in [5.41, 5.74) is 3.62. The fourth-order valence-electron chi connectivity index (χ4n) is 3.92. The molecule has 0 aromatic heterocycles. The van der Waals surface area contributed by atoms with E-state index < -0.39 is 23.8 Å². The summed E-state index contributed by atoms with van der Waals surface area (Å²) in [5.74, 6) is -0.667. The molecule has 0 spiro atoms. The number of alkyl carbamates (subject to hydrolysis) is 1. The van der Waals surface area contributed by atoms with Crippen molar-refractivity contribution in [2.75, 3.05) is 11.9 Å². The van der Waals surface area contributed by atoms with Crippen LogP contribution in [0.3, 0.4) is 0 Å². The molecule has 35 heavy (non-hydrogen) atoms. The number of benzene rings is 2. The second-order valence-electron chi connectivity index (χ2n) is 9.97. The maximum atomic E-state index is 13.8. The van der Waals surface area contributed by atoms with Crippen LogP contribution in [-0.4, -0.2) is 41.0 Å². The molecular formula is C28H39N3O4. The van der Waals surface area contributed by atoms with Crippen molar-refractivity contribution in [2.24, 2.45) is 0 Å². The van der Waals surface area contributed by atoms with Crippen LogP contribution in [0.4, 0.5) is 10.5 Å². The van der Waals surface area contributed by atoms with E-state index in [9.17, 15) is 14.4 Å². The Bertz CT molecular complexity index is 1040. The van der Waals surface area contributed by atoms with E-state index in [1.807, 2.05) is 70.2 Å². The van der Waals surface area contributed by atoms with Crippen LogP contribution in [-0.2, 0) is 14.3 Å². The summed E-state index contributed by atoms with van der Waals surface area (Å²) in [6.07, 6.45) is -0.0361. The summed E-state index contributed by atoms with van der Waals surface area (Å²) in [7, 11) is 0. The van der Waals surface area contributed by atoms with Gasteiger partial charge in [0.05, 0.1) is 0 Å². The molecule has 3 amide bonds. The van der Waals surface area contributed by atoms with E-state index >= 15 is 0 Å². The van der Waals surface area contributed by atoms with Gasteiger partial charge in [0.1, 0.15) is 17.7 Å². The second-order valence-corrected chi connectivity index (χ2v) is 9.97. The van der Waals surface area contributed by atoms with Crippen molar-refractivity contribution in [3.8, 4) is 0 Å². The first-order valence-electron chi connectivity index (χ1n) is 12.1. The number of anilines is 1. The summed E-state index contributed by atoms with van der Waals surface area (Å²) < 4.78 is 5.31. The molecule has 2 aromatic carbocycles. The van der Waals surface area contributed by atoms with Gasteiger partial charge in [-0.15, -0.1) is 0 Å². The topological polar surface area (TPSA) is 87.7 Å².